The zero-order valence-corrected chi connectivity index (χ0v) is 49.3. The molecule has 0 atom stereocenters. The van der Waals surface area contributed by atoms with E-state index in [1.807, 2.05) is 146 Å². The zero-order chi connectivity index (χ0) is 84.7. The topological polar surface area (TPSA) is 26.3 Å². The third kappa shape index (κ3) is 9.26. The SMILES string of the molecule is [2H]c1c([2H])c([2H])c(-c2c3c([2H])c([2H])c([2H])c([2H])c3c(-c3cccc(-c4c(-c5ccc6ccccc6c5)ccc5oc6ccccc6c45)c3)c3c([2H])c([2H])c([2H])c([2H])c23)c([2H])c1[2H].[2H]c1c([2H])c([2H])c(-c2c3c([2H])c([2H])c([2H])c([2H])c3c(-c3cccc(-c4cccc5oc6ccc(-c7ccccc7)cc6c45)c3)c3c([2H])c([2H])c([2H])c([2H])c23)c([2H])c1[2H]. The molecular weight excluding hydrogens is 1140 g/mol. The largest absolute Gasteiger partial charge is 0.456 e. The van der Waals surface area contributed by atoms with Crippen LogP contribution in [0.4, 0.5) is 0 Å². The van der Waals surface area contributed by atoms with Crippen molar-refractivity contribution >= 4 is 97.7 Å². The third-order valence-electron chi connectivity index (χ3n) is 17.4. The summed E-state index contributed by atoms with van der Waals surface area (Å²) in [6.07, 6.45) is 0. The second-order valence-electron chi connectivity index (χ2n) is 22.5. The maximum absolute atomic E-state index is 9.41. The Morgan fingerprint density at radius 2 is 0.596 bits per heavy atom. The highest BCUT2D eigenvalue weighted by Gasteiger charge is 2.23. The van der Waals surface area contributed by atoms with Gasteiger partial charge in [-0.2, -0.15) is 0 Å². The van der Waals surface area contributed by atoms with Crippen molar-refractivity contribution in [1.82, 2.24) is 0 Å². The van der Waals surface area contributed by atoms with Gasteiger partial charge in [0, 0.05) is 27.1 Å². The Hall–Kier alpha value is -12.4. The molecule has 19 aromatic rings. The Morgan fingerprint density at radius 1 is 0.191 bits per heavy atom. The smallest absolute Gasteiger partial charge is 0.136 e. The van der Waals surface area contributed by atoms with E-state index < -0.39 is 168 Å². The molecule has 17 aromatic carbocycles. The highest BCUT2D eigenvalue weighted by Crippen LogP contribution is 2.49. The summed E-state index contributed by atoms with van der Waals surface area (Å²) in [5.74, 6) is 0. The quantitative estimate of drug-likeness (QED) is 0.142. The number of benzene rings is 17. The van der Waals surface area contributed by atoms with Crippen LogP contribution in [0.3, 0.4) is 0 Å². The van der Waals surface area contributed by atoms with E-state index in [0.717, 1.165) is 65.7 Å². The van der Waals surface area contributed by atoms with Crippen molar-refractivity contribution < 1.29 is 44.5 Å². The average Bonchev–Trinajstić information content (AvgIpc) is 0.794. The van der Waals surface area contributed by atoms with Crippen molar-refractivity contribution in [3.8, 4) is 89.0 Å². The molecule has 0 spiro atoms. The van der Waals surface area contributed by atoms with E-state index in [1.165, 1.54) is 0 Å². The summed E-state index contributed by atoms with van der Waals surface area (Å²) in [4.78, 5) is 0. The van der Waals surface area contributed by atoms with Crippen molar-refractivity contribution in [2.45, 2.75) is 0 Å². The molecule has 2 nitrogen and oxygen atoms in total. The first-order valence-corrected chi connectivity index (χ1v) is 30.2. The lowest BCUT2D eigenvalue weighted by Crippen LogP contribution is -1.92. The van der Waals surface area contributed by atoms with Crippen LogP contribution < -0.4 is 0 Å². The molecule has 0 aliphatic heterocycles. The van der Waals surface area contributed by atoms with Crippen LogP contribution in [0.5, 0.6) is 0 Å². The molecule has 0 saturated carbocycles. The van der Waals surface area contributed by atoms with Gasteiger partial charge < -0.3 is 8.83 Å². The zero-order valence-electron chi connectivity index (χ0n) is 75.3. The second-order valence-corrected chi connectivity index (χ2v) is 22.5. The van der Waals surface area contributed by atoms with Crippen molar-refractivity contribution in [2.24, 2.45) is 0 Å². The van der Waals surface area contributed by atoms with Crippen LogP contribution >= 0.6 is 0 Å². The summed E-state index contributed by atoms with van der Waals surface area (Å²) in [6, 6.07) is 44.9. The maximum Gasteiger partial charge on any atom is 0.136 e. The van der Waals surface area contributed by atoms with E-state index in [9.17, 15) is 11.0 Å². The molecule has 19 rings (SSSR count). The molecule has 0 aliphatic carbocycles. The average molecular weight is 1220 g/mol. The minimum absolute atomic E-state index is 0.0587. The van der Waals surface area contributed by atoms with Crippen molar-refractivity contribution in [3.05, 3.63) is 351 Å². The third-order valence-corrected chi connectivity index (χ3v) is 17.4. The van der Waals surface area contributed by atoms with Crippen LogP contribution in [0.25, 0.3) is 187 Å². The summed E-state index contributed by atoms with van der Waals surface area (Å²) in [5, 5.41) is 3.87. The van der Waals surface area contributed by atoms with Gasteiger partial charge in [-0.15, -0.1) is 0 Å². The number of hydrogen-bond donors (Lipinski definition) is 0. The molecule has 0 bridgehead atoms. The first-order valence-electron chi connectivity index (χ1n) is 43.2. The van der Waals surface area contributed by atoms with Crippen LogP contribution in [0.15, 0.2) is 360 Å². The van der Waals surface area contributed by atoms with Gasteiger partial charge >= 0.3 is 0 Å². The molecule has 2 heteroatoms. The van der Waals surface area contributed by atoms with Gasteiger partial charge in [-0.3, -0.25) is 0 Å². The lowest BCUT2D eigenvalue weighted by molar-refractivity contribution is 0.668. The van der Waals surface area contributed by atoms with E-state index >= 15 is 0 Å². The molecular formula is C92H58O2. The first kappa shape index (κ1) is 34.2. The maximum atomic E-state index is 9.41. The van der Waals surface area contributed by atoms with E-state index in [1.54, 1.807) is 30.3 Å². The molecule has 0 aliphatic rings. The molecule has 2 heterocycles. The van der Waals surface area contributed by atoms with Crippen LogP contribution in [-0.2, 0) is 0 Å². The molecule has 94 heavy (non-hydrogen) atoms. The number of rotatable bonds is 8. The van der Waals surface area contributed by atoms with Crippen molar-refractivity contribution in [1.29, 1.82) is 0 Å². The summed E-state index contributed by atoms with van der Waals surface area (Å²) in [7, 11) is 0. The highest BCUT2D eigenvalue weighted by molar-refractivity contribution is 6.24. The molecule has 0 N–H and O–H groups in total. The number of fused-ring (bicyclic) bond motifs is 11. The fourth-order valence-corrected chi connectivity index (χ4v) is 13.3. The minimum Gasteiger partial charge on any atom is -0.456 e. The van der Waals surface area contributed by atoms with Gasteiger partial charge in [0.2, 0.25) is 0 Å². The fraction of sp³-hybridized carbons (Fsp3) is 0. The van der Waals surface area contributed by atoms with Crippen LogP contribution in [0.2, 0.25) is 0 Å². The Kier molecular flexibility index (Phi) is 8.30. The number of hydrogen-bond acceptors (Lipinski definition) is 2. The van der Waals surface area contributed by atoms with Crippen LogP contribution in [0, 0.1) is 0 Å². The summed E-state index contributed by atoms with van der Waals surface area (Å²) in [5.41, 5.74) is 8.56. The van der Waals surface area contributed by atoms with Crippen molar-refractivity contribution in [2.75, 3.05) is 0 Å². The molecule has 0 fully saturated rings. The predicted octanol–water partition coefficient (Wildman–Crippen LogP) is 26.3. The van der Waals surface area contributed by atoms with Crippen LogP contribution in [0.1, 0.15) is 35.6 Å². The predicted molar refractivity (Wildman–Crippen MR) is 398 cm³/mol. The van der Waals surface area contributed by atoms with Crippen molar-refractivity contribution in [3.63, 3.8) is 0 Å². The van der Waals surface area contributed by atoms with Gasteiger partial charge in [-0.05, 0) is 186 Å². The van der Waals surface area contributed by atoms with Gasteiger partial charge in [-0.25, -0.2) is 0 Å². The summed E-state index contributed by atoms with van der Waals surface area (Å²) < 4.78 is 244. The molecule has 438 valence electrons. The molecule has 0 saturated heterocycles. The molecule has 0 radical (unpaired) electrons. The Balaban J connectivity index is 0.000000165. The molecule has 2 aromatic heterocycles. The van der Waals surface area contributed by atoms with Gasteiger partial charge in [-0.1, -0.05) is 303 Å². The van der Waals surface area contributed by atoms with Crippen LogP contribution in [-0.4, -0.2) is 0 Å². The van der Waals surface area contributed by atoms with Gasteiger partial charge in [0.25, 0.3) is 0 Å². The van der Waals surface area contributed by atoms with E-state index in [4.69, 9.17) is 33.5 Å². The Morgan fingerprint density at radius 3 is 1.18 bits per heavy atom. The lowest BCUT2D eigenvalue weighted by Gasteiger charge is -2.19. The second kappa shape index (κ2) is 22.8. The summed E-state index contributed by atoms with van der Waals surface area (Å²) >= 11 is 0. The fourth-order valence-electron chi connectivity index (χ4n) is 13.3. The van der Waals surface area contributed by atoms with Gasteiger partial charge in [0.05, 0.1) is 35.6 Å². The van der Waals surface area contributed by atoms with Gasteiger partial charge in [0.1, 0.15) is 22.3 Å². The van der Waals surface area contributed by atoms with E-state index in [0.29, 0.717) is 44.6 Å². The normalized spacial score (nSPS) is 15.5. The number of furan rings is 2. The Labute approximate surface area is 580 Å². The summed E-state index contributed by atoms with van der Waals surface area (Å²) in [6.45, 7) is 0. The highest BCUT2D eigenvalue weighted by atomic mass is 16.3. The number of para-hydroxylation sites is 1. The van der Waals surface area contributed by atoms with E-state index in [2.05, 4.69) is 18.2 Å². The van der Waals surface area contributed by atoms with E-state index in [-0.39, 0.29) is 65.3 Å². The monoisotopic (exact) mass is 1220 g/mol. The van der Waals surface area contributed by atoms with Gasteiger partial charge in [0.15, 0.2) is 0 Å². The Bertz CT molecular complexity index is 7590. The standard InChI is InChI=1S/C48H30O.C44H28O/c1-2-14-32(15-3-1)45-38-19-6-8-21-40(38)46(41-22-9-7-20-39(41)45)35-17-12-18-36(30-35)47-37(34-26-25-31-13-4-5-16-33(31)29-34)27-28-44-48(47)42-23-10-11-24-43(42)49-44;1-3-13-29(14-4-1)31-25-26-40-39(28-31)44-34(23-12-24-41(44)45-40)32-17-11-18-33(27-32)43-37-21-9-7-19-35(37)42(30-15-5-2-6-16-30)36-20-8-10-22-38(36)43/h1-30H;1-28H/i1D,2D,3D,6D,7D,8D,9D,14D,15D,19D,20D,21D,22D;2D,5D,6D,7D,8D,9D,10D,15D,16D,19D,20D,21D,22D. The molecule has 0 unspecified atom stereocenters. The first-order chi connectivity index (χ1) is 57.4. The molecule has 0 amide bonds. The minimum atomic E-state index is -0.719. The lowest BCUT2D eigenvalue weighted by atomic mass is 9.84.